The van der Waals surface area contributed by atoms with Crippen LogP contribution >= 0.6 is 11.8 Å². The van der Waals surface area contributed by atoms with Crippen LogP contribution in [-0.4, -0.2) is 67.6 Å². The molecule has 0 fully saturated rings. The highest BCUT2D eigenvalue weighted by atomic mass is 32.2. The first-order chi connectivity index (χ1) is 8.51. The van der Waals surface area contributed by atoms with Gasteiger partial charge in [-0.15, -0.1) is 0 Å². The highest BCUT2D eigenvalue weighted by molar-refractivity contribution is 7.99. The van der Waals surface area contributed by atoms with Gasteiger partial charge in [0.05, 0.1) is 0 Å². The Kier molecular flexibility index (Phi) is 11.2. The molecule has 3 nitrogen and oxygen atoms in total. The van der Waals surface area contributed by atoms with E-state index in [0.29, 0.717) is 12.0 Å². The third-order valence-electron chi connectivity index (χ3n) is 3.02. The van der Waals surface area contributed by atoms with Crippen LogP contribution in [-0.2, 0) is 0 Å². The van der Waals surface area contributed by atoms with Gasteiger partial charge in [-0.25, -0.2) is 0 Å². The molecule has 0 bridgehead atoms. The van der Waals surface area contributed by atoms with Crippen molar-refractivity contribution in [3.63, 3.8) is 0 Å². The molecule has 2 N–H and O–H groups in total. The number of thioether (sulfide) groups is 1. The van der Waals surface area contributed by atoms with E-state index in [1.165, 1.54) is 17.9 Å². The quantitative estimate of drug-likeness (QED) is 0.585. The van der Waals surface area contributed by atoms with Crippen LogP contribution < -0.4 is 5.73 Å². The lowest BCUT2D eigenvalue weighted by atomic mass is 10.1. The largest absolute Gasteiger partial charge is 0.329 e. The summed E-state index contributed by atoms with van der Waals surface area (Å²) in [5, 5.41) is 0. The van der Waals surface area contributed by atoms with Crippen LogP contribution in [0.3, 0.4) is 0 Å². The predicted molar refractivity (Wildman–Crippen MR) is 85.4 cm³/mol. The minimum atomic E-state index is 0.548. The molecule has 1 unspecified atom stereocenters. The van der Waals surface area contributed by atoms with Gasteiger partial charge in [0.1, 0.15) is 0 Å². The lowest BCUT2D eigenvalue weighted by Gasteiger charge is -2.33. The molecule has 0 aromatic rings. The summed E-state index contributed by atoms with van der Waals surface area (Å²) in [6.45, 7) is 11.0. The molecular weight excluding hydrogens is 242 g/mol. The SMILES string of the molecule is CCSCCC(CN)N(CCN(C)C)CC(C)C. The van der Waals surface area contributed by atoms with E-state index in [0.717, 1.165) is 26.2 Å². The minimum absolute atomic E-state index is 0.548. The fourth-order valence-electron chi connectivity index (χ4n) is 2.03. The maximum absolute atomic E-state index is 5.97. The van der Waals surface area contributed by atoms with Crippen molar-refractivity contribution in [2.75, 3.05) is 51.8 Å². The summed E-state index contributed by atoms with van der Waals surface area (Å²) >= 11 is 2.02. The second-order valence-corrected chi connectivity index (χ2v) is 6.96. The van der Waals surface area contributed by atoms with E-state index in [2.05, 4.69) is 44.7 Å². The topological polar surface area (TPSA) is 32.5 Å². The summed E-state index contributed by atoms with van der Waals surface area (Å²) in [5.74, 6) is 3.15. The molecule has 0 spiro atoms. The van der Waals surface area contributed by atoms with Crippen LogP contribution in [0.2, 0.25) is 0 Å². The van der Waals surface area contributed by atoms with Crippen LogP contribution in [0.5, 0.6) is 0 Å². The molecule has 0 aliphatic heterocycles. The Morgan fingerprint density at radius 3 is 2.28 bits per heavy atom. The second-order valence-electron chi connectivity index (χ2n) is 5.57. The molecule has 0 aromatic heterocycles. The molecule has 0 heterocycles. The normalized spacial score (nSPS) is 13.8. The highest BCUT2D eigenvalue weighted by Gasteiger charge is 2.17. The molecule has 0 aromatic carbocycles. The van der Waals surface area contributed by atoms with Crippen molar-refractivity contribution < 1.29 is 0 Å². The number of likely N-dealkylation sites (N-methyl/N-ethyl adjacent to an activating group) is 1. The summed E-state index contributed by atoms with van der Waals surface area (Å²) in [6.07, 6.45) is 1.22. The predicted octanol–water partition coefficient (Wildman–Crippen LogP) is 1.98. The van der Waals surface area contributed by atoms with Crippen LogP contribution in [0.4, 0.5) is 0 Å². The lowest BCUT2D eigenvalue weighted by molar-refractivity contribution is 0.160. The van der Waals surface area contributed by atoms with E-state index in [9.17, 15) is 0 Å². The average molecular weight is 276 g/mol. The van der Waals surface area contributed by atoms with E-state index >= 15 is 0 Å². The fourth-order valence-corrected chi connectivity index (χ4v) is 2.76. The maximum Gasteiger partial charge on any atom is 0.0226 e. The summed E-state index contributed by atoms with van der Waals surface area (Å²) in [4.78, 5) is 4.84. The van der Waals surface area contributed by atoms with Crippen molar-refractivity contribution in [3.05, 3.63) is 0 Å². The molecule has 0 saturated heterocycles. The van der Waals surface area contributed by atoms with Gasteiger partial charge in [-0.2, -0.15) is 11.8 Å². The van der Waals surface area contributed by atoms with E-state index in [4.69, 9.17) is 5.73 Å². The van der Waals surface area contributed by atoms with Gasteiger partial charge < -0.3 is 10.6 Å². The smallest absolute Gasteiger partial charge is 0.0226 e. The first-order valence-corrected chi connectivity index (χ1v) is 8.33. The zero-order chi connectivity index (χ0) is 14.0. The minimum Gasteiger partial charge on any atom is -0.329 e. The molecule has 0 aliphatic carbocycles. The van der Waals surface area contributed by atoms with Gasteiger partial charge >= 0.3 is 0 Å². The molecule has 0 radical (unpaired) electrons. The standard InChI is InChI=1S/C14H33N3S/c1-6-18-10-7-14(11-15)17(12-13(2)3)9-8-16(4)5/h13-14H,6-12,15H2,1-5H3. The Morgan fingerprint density at radius 2 is 1.83 bits per heavy atom. The van der Waals surface area contributed by atoms with Gasteiger partial charge in [-0.1, -0.05) is 20.8 Å². The maximum atomic E-state index is 5.97. The number of nitrogens with two attached hydrogens (primary N) is 1. The van der Waals surface area contributed by atoms with Crippen molar-refractivity contribution in [3.8, 4) is 0 Å². The van der Waals surface area contributed by atoms with Gasteiger partial charge in [0.2, 0.25) is 0 Å². The summed E-state index contributed by atoms with van der Waals surface area (Å²) < 4.78 is 0. The average Bonchev–Trinajstić information content (AvgIpc) is 2.30. The molecule has 4 heteroatoms. The van der Waals surface area contributed by atoms with Crippen LogP contribution in [0, 0.1) is 5.92 Å². The third kappa shape index (κ3) is 9.20. The zero-order valence-electron chi connectivity index (χ0n) is 13.0. The Balaban J connectivity index is 4.27. The molecular formula is C14H33N3S. The molecule has 0 saturated carbocycles. The van der Waals surface area contributed by atoms with Gasteiger partial charge in [0, 0.05) is 32.2 Å². The lowest BCUT2D eigenvalue weighted by Crippen LogP contribution is -2.45. The number of hydrogen-bond acceptors (Lipinski definition) is 4. The van der Waals surface area contributed by atoms with Crippen molar-refractivity contribution in [2.45, 2.75) is 33.2 Å². The molecule has 0 aliphatic rings. The molecule has 0 amide bonds. The van der Waals surface area contributed by atoms with Crippen LogP contribution in [0.25, 0.3) is 0 Å². The van der Waals surface area contributed by atoms with E-state index in [1.54, 1.807) is 0 Å². The van der Waals surface area contributed by atoms with Crippen molar-refractivity contribution >= 4 is 11.8 Å². The number of rotatable bonds is 11. The summed E-state index contributed by atoms with van der Waals surface area (Å²) in [6, 6.07) is 0.548. The van der Waals surface area contributed by atoms with Crippen molar-refractivity contribution in [1.82, 2.24) is 9.80 Å². The molecule has 0 rings (SSSR count). The van der Waals surface area contributed by atoms with Gasteiger partial charge in [0.25, 0.3) is 0 Å². The monoisotopic (exact) mass is 275 g/mol. The Hall–Kier alpha value is 0.230. The second kappa shape index (κ2) is 11.1. The highest BCUT2D eigenvalue weighted by Crippen LogP contribution is 2.11. The first-order valence-electron chi connectivity index (χ1n) is 7.17. The fraction of sp³-hybridized carbons (Fsp3) is 1.00. The van der Waals surface area contributed by atoms with Crippen LogP contribution in [0.1, 0.15) is 27.2 Å². The molecule has 110 valence electrons. The molecule has 18 heavy (non-hydrogen) atoms. The van der Waals surface area contributed by atoms with E-state index < -0.39 is 0 Å². The Labute approximate surface area is 118 Å². The van der Waals surface area contributed by atoms with Gasteiger partial charge in [-0.05, 0) is 37.9 Å². The number of nitrogens with zero attached hydrogens (tertiary/aromatic N) is 2. The van der Waals surface area contributed by atoms with Crippen molar-refractivity contribution in [2.24, 2.45) is 11.7 Å². The van der Waals surface area contributed by atoms with E-state index in [1.807, 2.05) is 11.8 Å². The van der Waals surface area contributed by atoms with Crippen LogP contribution in [0.15, 0.2) is 0 Å². The summed E-state index contributed by atoms with van der Waals surface area (Å²) in [7, 11) is 4.27. The molecule has 1 atom stereocenters. The van der Waals surface area contributed by atoms with Gasteiger partial charge in [0.15, 0.2) is 0 Å². The third-order valence-corrected chi connectivity index (χ3v) is 3.95. The zero-order valence-corrected chi connectivity index (χ0v) is 13.8. The van der Waals surface area contributed by atoms with E-state index in [-0.39, 0.29) is 0 Å². The van der Waals surface area contributed by atoms with Gasteiger partial charge in [-0.3, -0.25) is 4.90 Å². The summed E-state index contributed by atoms with van der Waals surface area (Å²) in [5.41, 5.74) is 5.97. The van der Waals surface area contributed by atoms with Crippen molar-refractivity contribution in [1.29, 1.82) is 0 Å². The number of hydrogen-bond donors (Lipinski definition) is 1. The first kappa shape index (κ1) is 18.2. The Morgan fingerprint density at radius 1 is 1.17 bits per heavy atom. The Bertz CT molecular complexity index is 186.